The summed E-state index contributed by atoms with van der Waals surface area (Å²) in [5, 5.41) is 0.537. The molecule has 0 saturated carbocycles. The van der Waals surface area contributed by atoms with E-state index in [0.717, 1.165) is 34.6 Å². The van der Waals surface area contributed by atoms with Gasteiger partial charge in [-0.05, 0) is 44.7 Å². The van der Waals surface area contributed by atoms with Crippen molar-refractivity contribution in [3.63, 3.8) is 0 Å². The van der Waals surface area contributed by atoms with Crippen molar-refractivity contribution in [3.8, 4) is 0 Å². The SMILES string of the molecule is CCOC(=O)C1CCN(C(=O)C2CCCN(c3ncnc4c3sc3cccc(F)c34)C2)CC1. The van der Waals surface area contributed by atoms with Gasteiger partial charge in [0, 0.05) is 30.9 Å². The molecule has 0 aliphatic carbocycles. The minimum Gasteiger partial charge on any atom is -0.466 e. The Kier molecular flexibility index (Phi) is 6.14. The van der Waals surface area contributed by atoms with Gasteiger partial charge in [0.25, 0.3) is 0 Å². The number of fused-ring (bicyclic) bond motifs is 3. The summed E-state index contributed by atoms with van der Waals surface area (Å²) in [6.45, 7) is 4.76. The number of hydrogen-bond donors (Lipinski definition) is 0. The van der Waals surface area contributed by atoms with Crippen LogP contribution in [0.5, 0.6) is 0 Å². The first-order valence-corrected chi connectivity index (χ1v) is 12.4. The number of benzene rings is 1. The van der Waals surface area contributed by atoms with Crippen LogP contribution in [-0.2, 0) is 14.3 Å². The molecule has 2 fully saturated rings. The molecule has 174 valence electrons. The number of amides is 1. The van der Waals surface area contributed by atoms with E-state index in [1.165, 1.54) is 23.7 Å². The van der Waals surface area contributed by atoms with E-state index >= 15 is 0 Å². The number of anilines is 1. The lowest BCUT2D eigenvalue weighted by atomic mass is 9.93. The summed E-state index contributed by atoms with van der Waals surface area (Å²) in [6, 6.07) is 5.06. The number of rotatable bonds is 4. The van der Waals surface area contributed by atoms with Crippen molar-refractivity contribution in [1.82, 2.24) is 14.9 Å². The van der Waals surface area contributed by atoms with Crippen LogP contribution >= 0.6 is 11.3 Å². The van der Waals surface area contributed by atoms with E-state index in [1.807, 2.05) is 17.9 Å². The number of esters is 1. The number of piperidine rings is 2. The van der Waals surface area contributed by atoms with E-state index in [2.05, 4.69) is 14.9 Å². The fourth-order valence-corrected chi connectivity index (χ4v) is 6.20. The minimum atomic E-state index is -0.277. The zero-order chi connectivity index (χ0) is 22.9. The Morgan fingerprint density at radius 2 is 1.97 bits per heavy atom. The summed E-state index contributed by atoms with van der Waals surface area (Å²) in [7, 11) is 0. The Morgan fingerprint density at radius 1 is 1.15 bits per heavy atom. The predicted molar refractivity (Wildman–Crippen MR) is 126 cm³/mol. The van der Waals surface area contributed by atoms with Crippen LogP contribution < -0.4 is 4.90 Å². The molecule has 5 rings (SSSR count). The molecule has 4 heterocycles. The highest BCUT2D eigenvalue weighted by Gasteiger charge is 2.34. The molecule has 3 aromatic rings. The van der Waals surface area contributed by atoms with Crippen molar-refractivity contribution in [1.29, 1.82) is 0 Å². The van der Waals surface area contributed by atoms with Gasteiger partial charge in [-0.25, -0.2) is 14.4 Å². The molecular formula is C24H27FN4O3S. The first kappa shape index (κ1) is 22.0. The Hall–Kier alpha value is -2.81. The summed E-state index contributed by atoms with van der Waals surface area (Å²) in [5.41, 5.74) is 0.632. The Bertz CT molecular complexity index is 1190. The molecule has 9 heteroatoms. The lowest BCUT2D eigenvalue weighted by Gasteiger charge is -2.37. The van der Waals surface area contributed by atoms with Gasteiger partial charge in [-0.15, -0.1) is 11.3 Å². The molecule has 2 aromatic heterocycles. The monoisotopic (exact) mass is 470 g/mol. The van der Waals surface area contributed by atoms with Gasteiger partial charge in [0.15, 0.2) is 0 Å². The highest BCUT2D eigenvalue weighted by Crippen LogP contribution is 2.39. The van der Waals surface area contributed by atoms with Gasteiger partial charge in [-0.2, -0.15) is 0 Å². The minimum absolute atomic E-state index is 0.112. The molecule has 1 aromatic carbocycles. The van der Waals surface area contributed by atoms with Crippen LogP contribution in [-0.4, -0.2) is 59.5 Å². The molecule has 0 spiro atoms. The van der Waals surface area contributed by atoms with Gasteiger partial charge in [-0.1, -0.05) is 6.07 Å². The van der Waals surface area contributed by atoms with Gasteiger partial charge in [-0.3, -0.25) is 9.59 Å². The van der Waals surface area contributed by atoms with Gasteiger partial charge >= 0.3 is 5.97 Å². The Morgan fingerprint density at radius 3 is 2.76 bits per heavy atom. The first-order valence-electron chi connectivity index (χ1n) is 11.6. The molecular weight excluding hydrogens is 443 g/mol. The van der Waals surface area contributed by atoms with Crippen molar-refractivity contribution in [2.45, 2.75) is 32.6 Å². The highest BCUT2D eigenvalue weighted by atomic mass is 32.1. The maximum Gasteiger partial charge on any atom is 0.309 e. The largest absolute Gasteiger partial charge is 0.466 e. The van der Waals surface area contributed by atoms with Crippen LogP contribution in [0.15, 0.2) is 24.5 Å². The van der Waals surface area contributed by atoms with Gasteiger partial charge in [0.1, 0.15) is 18.0 Å². The maximum absolute atomic E-state index is 14.5. The van der Waals surface area contributed by atoms with E-state index in [4.69, 9.17) is 4.74 Å². The van der Waals surface area contributed by atoms with E-state index in [0.29, 0.717) is 50.0 Å². The van der Waals surface area contributed by atoms with Gasteiger partial charge < -0.3 is 14.5 Å². The molecule has 7 nitrogen and oxygen atoms in total. The van der Waals surface area contributed by atoms with Crippen LogP contribution in [0.1, 0.15) is 32.6 Å². The fraction of sp³-hybridized carbons (Fsp3) is 0.500. The normalized spacial score (nSPS) is 19.9. The fourth-order valence-electron chi connectivity index (χ4n) is 5.02. The second-order valence-corrected chi connectivity index (χ2v) is 9.78. The van der Waals surface area contributed by atoms with Crippen LogP contribution in [0.4, 0.5) is 10.2 Å². The number of nitrogens with zero attached hydrogens (tertiary/aromatic N) is 4. The molecule has 2 saturated heterocycles. The molecule has 0 bridgehead atoms. The van der Waals surface area contributed by atoms with Crippen molar-refractivity contribution in [3.05, 3.63) is 30.3 Å². The van der Waals surface area contributed by atoms with Gasteiger partial charge in [0.05, 0.1) is 34.0 Å². The van der Waals surface area contributed by atoms with Crippen LogP contribution in [0.25, 0.3) is 20.3 Å². The van der Waals surface area contributed by atoms with Gasteiger partial charge in [0.2, 0.25) is 5.91 Å². The average Bonchev–Trinajstić information content (AvgIpc) is 3.24. The summed E-state index contributed by atoms with van der Waals surface area (Å²) >= 11 is 1.49. The number of carbonyl (C=O) groups is 2. The second kappa shape index (κ2) is 9.21. The number of halogens is 1. The zero-order valence-corrected chi connectivity index (χ0v) is 19.4. The third kappa shape index (κ3) is 4.14. The third-order valence-electron chi connectivity index (χ3n) is 6.71. The second-order valence-electron chi connectivity index (χ2n) is 8.73. The van der Waals surface area contributed by atoms with E-state index in [-0.39, 0.29) is 29.5 Å². The summed E-state index contributed by atoms with van der Waals surface area (Å²) in [4.78, 5) is 38.2. The van der Waals surface area contributed by atoms with Crippen molar-refractivity contribution in [2.75, 3.05) is 37.7 Å². The molecule has 0 radical (unpaired) electrons. The standard InChI is InChI=1S/C24H27FN4O3S/c1-2-32-24(31)15-8-11-28(12-9-15)23(30)16-5-4-10-29(13-16)22-21-20(26-14-27-22)19-17(25)6-3-7-18(19)33-21/h3,6-7,14-16H,2,4-5,8-13H2,1H3. The van der Waals surface area contributed by atoms with Crippen molar-refractivity contribution in [2.24, 2.45) is 11.8 Å². The topological polar surface area (TPSA) is 75.6 Å². The molecule has 2 aliphatic rings. The highest BCUT2D eigenvalue weighted by molar-refractivity contribution is 7.26. The Balaban J connectivity index is 1.32. The van der Waals surface area contributed by atoms with Crippen LogP contribution in [0, 0.1) is 17.7 Å². The maximum atomic E-state index is 14.5. The summed E-state index contributed by atoms with van der Waals surface area (Å²) in [6.07, 6.45) is 4.52. The average molecular weight is 471 g/mol. The van der Waals surface area contributed by atoms with Crippen molar-refractivity contribution < 1.29 is 18.7 Å². The number of thiophene rings is 1. The smallest absolute Gasteiger partial charge is 0.309 e. The number of carbonyl (C=O) groups excluding carboxylic acids is 2. The Labute approximate surface area is 195 Å². The van der Waals surface area contributed by atoms with E-state index in [9.17, 15) is 14.0 Å². The van der Waals surface area contributed by atoms with E-state index < -0.39 is 0 Å². The summed E-state index contributed by atoms with van der Waals surface area (Å²) in [5.74, 6) is 0.268. The summed E-state index contributed by atoms with van der Waals surface area (Å²) < 4.78 is 21.3. The van der Waals surface area contributed by atoms with E-state index in [1.54, 1.807) is 6.07 Å². The quantitative estimate of drug-likeness (QED) is 0.537. The molecule has 1 unspecified atom stereocenters. The molecule has 2 aliphatic heterocycles. The lowest BCUT2D eigenvalue weighted by Crippen LogP contribution is -2.48. The number of hydrogen-bond acceptors (Lipinski definition) is 7. The number of aromatic nitrogens is 2. The van der Waals surface area contributed by atoms with Crippen LogP contribution in [0.2, 0.25) is 0 Å². The molecule has 33 heavy (non-hydrogen) atoms. The molecule has 1 amide bonds. The third-order valence-corrected chi connectivity index (χ3v) is 7.85. The molecule has 1 atom stereocenters. The first-order chi connectivity index (χ1) is 16.1. The number of ether oxygens (including phenoxy) is 1. The van der Waals surface area contributed by atoms with Crippen molar-refractivity contribution >= 4 is 49.3 Å². The zero-order valence-electron chi connectivity index (χ0n) is 18.6. The number of likely N-dealkylation sites (tertiary alicyclic amines) is 1. The van der Waals surface area contributed by atoms with Crippen LogP contribution in [0.3, 0.4) is 0 Å². The molecule has 0 N–H and O–H groups in total. The lowest BCUT2D eigenvalue weighted by molar-refractivity contribution is -0.151. The predicted octanol–water partition coefficient (Wildman–Crippen LogP) is 4.00.